The van der Waals surface area contributed by atoms with Gasteiger partial charge in [0.15, 0.2) is 0 Å². The van der Waals surface area contributed by atoms with Crippen LogP contribution in [0.4, 0.5) is 0 Å². The molecule has 46 valence electrons. The molecule has 2 saturated heterocycles. The van der Waals surface area contributed by atoms with Gasteiger partial charge in [-0.15, -0.1) is 0 Å². The van der Waals surface area contributed by atoms with E-state index in [4.69, 9.17) is 0 Å². The highest BCUT2D eigenvalue weighted by molar-refractivity contribution is 5.05. The molecule has 8 heavy (non-hydrogen) atoms. The predicted molar refractivity (Wildman–Crippen MR) is 32.8 cm³/mol. The molecule has 2 heterocycles. The largest absolute Gasteiger partial charge is 0.299 e. The molecule has 2 aliphatic rings. The number of hydrogen-bond acceptors (Lipinski definition) is 2. The van der Waals surface area contributed by atoms with Gasteiger partial charge in [0.2, 0.25) is 0 Å². The second kappa shape index (κ2) is 1.25. The van der Waals surface area contributed by atoms with Crippen molar-refractivity contribution >= 4 is 0 Å². The monoisotopic (exact) mass is 112 g/mol. The number of likely N-dealkylation sites (N-methyl/N-ethyl adjacent to an activating group) is 2. The van der Waals surface area contributed by atoms with Crippen LogP contribution in [0.2, 0.25) is 0 Å². The van der Waals surface area contributed by atoms with Gasteiger partial charge in [0, 0.05) is 25.2 Å². The summed E-state index contributed by atoms with van der Waals surface area (Å²) in [5, 5.41) is 0. The molecule has 0 aliphatic carbocycles. The lowest BCUT2D eigenvalue weighted by atomic mass is 9.87. The van der Waals surface area contributed by atoms with Crippen molar-refractivity contribution in [2.75, 3.05) is 27.2 Å². The smallest absolute Gasteiger partial charge is 0.0388 e. The Bertz CT molecular complexity index is 99.1. The molecule has 2 fully saturated rings. The topological polar surface area (TPSA) is 6.48 Å². The van der Waals surface area contributed by atoms with Crippen LogP contribution in [-0.4, -0.2) is 49.1 Å². The summed E-state index contributed by atoms with van der Waals surface area (Å²) < 4.78 is 0. The van der Waals surface area contributed by atoms with Gasteiger partial charge in [0.05, 0.1) is 0 Å². The van der Waals surface area contributed by atoms with Gasteiger partial charge in [-0.25, -0.2) is 0 Å². The van der Waals surface area contributed by atoms with E-state index in [0.29, 0.717) is 0 Å². The third-order valence-corrected chi connectivity index (χ3v) is 2.53. The summed E-state index contributed by atoms with van der Waals surface area (Å²) in [7, 11) is 4.41. The third kappa shape index (κ3) is 0.361. The van der Waals surface area contributed by atoms with Crippen molar-refractivity contribution in [2.45, 2.75) is 12.1 Å². The van der Waals surface area contributed by atoms with Crippen molar-refractivity contribution in [1.82, 2.24) is 9.80 Å². The fourth-order valence-corrected chi connectivity index (χ4v) is 1.69. The first-order valence-electron chi connectivity index (χ1n) is 3.19. The standard InChI is InChI=1S/C6H12N2/c1-7-3-6-5(7)4-8(6)2/h5-6H,3-4H2,1-2H3/t5-,6?/m0/s1. The zero-order chi connectivity index (χ0) is 5.72. The minimum absolute atomic E-state index is 0.917. The molecule has 0 bridgehead atoms. The molecule has 0 amide bonds. The Labute approximate surface area is 50.1 Å². The maximum Gasteiger partial charge on any atom is 0.0388 e. The molecule has 2 atom stereocenters. The summed E-state index contributed by atoms with van der Waals surface area (Å²) in [4.78, 5) is 4.84. The molecule has 0 aromatic heterocycles. The second-order valence-corrected chi connectivity index (χ2v) is 3.01. The van der Waals surface area contributed by atoms with Crippen molar-refractivity contribution < 1.29 is 0 Å². The van der Waals surface area contributed by atoms with E-state index >= 15 is 0 Å². The molecule has 2 heteroatoms. The van der Waals surface area contributed by atoms with Crippen molar-refractivity contribution in [2.24, 2.45) is 0 Å². The molecular weight excluding hydrogens is 100 g/mol. The van der Waals surface area contributed by atoms with Crippen molar-refractivity contribution in [3.63, 3.8) is 0 Å². The average Bonchev–Trinajstić information content (AvgIpc) is 1.76. The first-order chi connectivity index (χ1) is 3.79. The van der Waals surface area contributed by atoms with E-state index in [2.05, 4.69) is 23.9 Å². The SMILES string of the molecule is CN1C[C@H]2C1CN2C. The zero-order valence-electron chi connectivity index (χ0n) is 5.46. The molecule has 2 rings (SSSR count). The van der Waals surface area contributed by atoms with E-state index in [1.54, 1.807) is 0 Å². The zero-order valence-corrected chi connectivity index (χ0v) is 5.46. The lowest BCUT2D eigenvalue weighted by molar-refractivity contribution is -0.0960. The lowest BCUT2D eigenvalue weighted by Crippen LogP contribution is -2.76. The minimum atomic E-state index is 0.917. The van der Waals surface area contributed by atoms with E-state index in [1.165, 1.54) is 13.1 Å². The van der Waals surface area contributed by atoms with Crippen molar-refractivity contribution in [3.05, 3.63) is 0 Å². The maximum atomic E-state index is 2.42. The van der Waals surface area contributed by atoms with E-state index in [9.17, 15) is 0 Å². The fourth-order valence-electron chi connectivity index (χ4n) is 1.69. The van der Waals surface area contributed by atoms with E-state index < -0.39 is 0 Å². The van der Waals surface area contributed by atoms with Crippen LogP contribution in [0.3, 0.4) is 0 Å². The van der Waals surface area contributed by atoms with Crippen LogP contribution in [0, 0.1) is 0 Å². The summed E-state index contributed by atoms with van der Waals surface area (Å²) in [5.41, 5.74) is 0. The Hall–Kier alpha value is -0.0800. The Morgan fingerprint density at radius 3 is 1.50 bits per heavy atom. The van der Waals surface area contributed by atoms with Gasteiger partial charge in [-0.2, -0.15) is 0 Å². The van der Waals surface area contributed by atoms with Crippen LogP contribution >= 0.6 is 0 Å². The Balaban J connectivity index is 1.96. The quantitative estimate of drug-likeness (QED) is 0.421. The van der Waals surface area contributed by atoms with Crippen molar-refractivity contribution in [3.8, 4) is 0 Å². The molecule has 2 nitrogen and oxygen atoms in total. The van der Waals surface area contributed by atoms with Crippen LogP contribution in [0.5, 0.6) is 0 Å². The van der Waals surface area contributed by atoms with Crippen LogP contribution in [-0.2, 0) is 0 Å². The number of piperazine rings is 1. The highest BCUT2D eigenvalue weighted by Crippen LogP contribution is 2.29. The molecule has 0 aromatic carbocycles. The average molecular weight is 112 g/mol. The predicted octanol–water partition coefficient (Wildman–Crippen LogP) is -0.386. The van der Waals surface area contributed by atoms with Crippen LogP contribution in [0.25, 0.3) is 0 Å². The molecule has 0 spiro atoms. The Morgan fingerprint density at radius 1 is 1.00 bits per heavy atom. The van der Waals surface area contributed by atoms with Crippen LogP contribution in [0.15, 0.2) is 0 Å². The van der Waals surface area contributed by atoms with Gasteiger partial charge in [-0.1, -0.05) is 0 Å². The third-order valence-electron chi connectivity index (χ3n) is 2.53. The first-order valence-corrected chi connectivity index (χ1v) is 3.19. The molecule has 0 aromatic rings. The van der Waals surface area contributed by atoms with Crippen molar-refractivity contribution in [1.29, 1.82) is 0 Å². The van der Waals surface area contributed by atoms with Gasteiger partial charge in [0.25, 0.3) is 0 Å². The second-order valence-electron chi connectivity index (χ2n) is 3.01. The number of likely N-dealkylation sites (tertiary alicyclic amines) is 2. The molecular formula is C6H12N2. The lowest BCUT2D eigenvalue weighted by Gasteiger charge is -2.59. The first kappa shape index (κ1) is 4.77. The molecule has 0 radical (unpaired) electrons. The highest BCUT2D eigenvalue weighted by atomic mass is 15.4. The Kier molecular flexibility index (Phi) is 0.746. The molecule has 0 N–H and O–H groups in total. The van der Waals surface area contributed by atoms with E-state index in [-0.39, 0.29) is 0 Å². The summed E-state index contributed by atoms with van der Waals surface area (Å²) in [6, 6.07) is 1.83. The molecule has 2 aliphatic heterocycles. The normalized spacial score (nSPS) is 47.2. The highest BCUT2D eigenvalue weighted by Gasteiger charge is 2.47. The maximum absolute atomic E-state index is 2.42. The van der Waals surface area contributed by atoms with Gasteiger partial charge in [0.1, 0.15) is 0 Å². The fraction of sp³-hybridized carbons (Fsp3) is 1.00. The van der Waals surface area contributed by atoms with Crippen LogP contribution in [0.1, 0.15) is 0 Å². The van der Waals surface area contributed by atoms with Gasteiger partial charge >= 0.3 is 0 Å². The van der Waals surface area contributed by atoms with Gasteiger partial charge < -0.3 is 0 Å². The van der Waals surface area contributed by atoms with Gasteiger partial charge in [-0.3, -0.25) is 9.80 Å². The number of rotatable bonds is 0. The molecule has 1 unspecified atom stereocenters. The summed E-state index contributed by atoms with van der Waals surface area (Å²) >= 11 is 0. The van der Waals surface area contributed by atoms with E-state index in [0.717, 1.165) is 12.1 Å². The van der Waals surface area contributed by atoms with Crippen LogP contribution < -0.4 is 0 Å². The minimum Gasteiger partial charge on any atom is -0.299 e. The Morgan fingerprint density at radius 2 is 1.38 bits per heavy atom. The van der Waals surface area contributed by atoms with E-state index in [1.807, 2.05) is 0 Å². The summed E-state index contributed by atoms with van der Waals surface area (Å²) in [5.74, 6) is 0. The van der Waals surface area contributed by atoms with Gasteiger partial charge in [-0.05, 0) is 14.1 Å². The summed E-state index contributed by atoms with van der Waals surface area (Å²) in [6.07, 6.45) is 0. The number of fused-ring (bicyclic) bond motifs is 1. The summed E-state index contributed by atoms with van der Waals surface area (Å²) in [6.45, 7) is 2.59. The number of nitrogens with zero attached hydrogens (tertiary/aromatic N) is 2. The number of hydrogen-bond donors (Lipinski definition) is 0. The molecule has 0 saturated carbocycles.